The molecule has 0 atom stereocenters. The first kappa shape index (κ1) is 18.7. The van der Waals surface area contributed by atoms with E-state index in [1.54, 1.807) is 6.92 Å². The lowest BCUT2D eigenvalue weighted by atomic mass is 10.1. The fourth-order valence-corrected chi connectivity index (χ4v) is 3.93. The quantitative estimate of drug-likeness (QED) is 0.806. The molecule has 0 spiro atoms. The van der Waals surface area contributed by atoms with Gasteiger partial charge in [0.1, 0.15) is 5.75 Å². The Hall–Kier alpha value is -1.60. The molecule has 0 bridgehead atoms. The van der Waals surface area contributed by atoms with Gasteiger partial charge < -0.3 is 10.1 Å². The van der Waals surface area contributed by atoms with Crippen molar-refractivity contribution in [2.75, 3.05) is 25.4 Å². The predicted octanol–water partition coefficient (Wildman–Crippen LogP) is 1.56. The van der Waals surface area contributed by atoms with Gasteiger partial charge in [0.25, 0.3) is 0 Å². The molecule has 1 saturated heterocycles. The number of carbonyl (C=O) groups excluding carboxylic acids is 1. The van der Waals surface area contributed by atoms with E-state index in [1.807, 2.05) is 31.2 Å². The normalized spacial score (nSPS) is 16.8. The number of hydrogen-bond donors (Lipinski definition) is 1. The molecule has 1 heterocycles. The maximum absolute atomic E-state index is 12.2. The largest absolute Gasteiger partial charge is 0.494 e. The summed E-state index contributed by atoms with van der Waals surface area (Å²) in [6.07, 6.45) is 1.64. The minimum Gasteiger partial charge on any atom is -0.494 e. The van der Waals surface area contributed by atoms with Crippen LogP contribution in [0.25, 0.3) is 0 Å². The zero-order chi connectivity index (χ0) is 17.6. The molecular weight excluding hydrogens is 328 g/mol. The van der Waals surface area contributed by atoms with E-state index >= 15 is 0 Å². The van der Waals surface area contributed by atoms with Gasteiger partial charge in [-0.2, -0.15) is 0 Å². The molecule has 1 aliphatic rings. The van der Waals surface area contributed by atoms with Gasteiger partial charge in [0.05, 0.1) is 18.8 Å². The van der Waals surface area contributed by atoms with Crippen LogP contribution in [0.2, 0.25) is 0 Å². The first-order valence-corrected chi connectivity index (χ1v) is 10.0. The number of ether oxygens (including phenoxy) is 1. The molecule has 0 saturated carbocycles. The molecule has 1 aliphatic heterocycles. The smallest absolute Gasteiger partial charge is 0.224 e. The third kappa shape index (κ3) is 5.21. The van der Waals surface area contributed by atoms with Crippen molar-refractivity contribution in [2.45, 2.75) is 39.2 Å². The van der Waals surface area contributed by atoms with Crippen LogP contribution in [0, 0.1) is 0 Å². The molecule has 0 radical (unpaired) electrons. The van der Waals surface area contributed by atoms with Gasteiger partial charge in [-0.1, -0.05) is 12.1 Å². The highest BCUT2D eigenvalue weighted by molar-refractivity contribution is 7.89. The van der Waals surface area contributed by atoms with E-state index in [4.69, 9.17) is 4.74 Å². The summed E-state index contributed by atoms with van der Waals surface area (Å²) < 4.78 is 30.5. The lowest BCUT2D eigenvalue weighted by molar-refractivity contribution is -0.121. The summed E-state index contributed by atoms with van der Waals surface area (Å²) in [5, 5.41) is 3.01. The van der Waals surface area contributed by atoms with Gasteiger partial charge in [-0.05, 0) is 44.4 Å². The molecule has 1 aromatic rings. The van der Waals surface area contributed by atoms with Crippen LogP contribution in [0.3, 0.4) is 0 Å². The second kappa shape index (κ2) is 8.48. The van der Waals surface area contributed by atoms with Gasteiger partial charge in [0.2, 0.25) is 15.9 Å². The fraction of sp³-hybridized carbons (Fsp3) is 0.588. The van der Waals surface area contributed by atoms with E-state index < -0.39 is 10.0 Å². The predicted molar refractivity (Wildman–Crippen MR) is 93.5 cm³/mol. The van der Waals surface area contributed by atoms with Crippen LogP contribution in [0.5, 0.6) is 5.75 Å². The number of rotatable bonds is 7. The fourth-order valence-electron chi connectivity index (χ4n) is 2.80. The zero-order valence-electron chi connectivity index (χ0n) is 14.3. The minimum atomic E-state index is -3.12. The first-order valence-electron chi connectivity index (χ1n) is 8.43. The summed E-state index contributed by atoms with van der Waals surface area (Å²) in [7, 11) is -3.12. The molecule has 0 aromatic heterocycles. The van der Waals surface area contributed by atoms with Crippen molar-refractivity contribution in [3.05, 3.63) is 29.8 Å². The highest BCUT2D eigenvalue weighted by Crippen LogP contribution is 2.15. The average molecular weight is 354 g/mol. The highest BCUT2D eigenvalue weighted by atomic mass is 32.2. The summed E-state index contributed by atoms with van der Waals surface area (Å²) in [6.45, 7) is 5.15. The topological polar surface area (TPSA) is 75.7 Å². The number of carbonyl (C=O) groups is 1. The Morgan fingerprint density at radius 2 is 1.83 bits per heavy atom. The lowest BCUT2D eigenvalue weighted by Gasteiger charge is -2.31. The van der Waals surface area contributed by atoms with Crippen molar-refractivity contribution in [1.29, 1.82) is 0 Å². The van der Waals surface area contributed by atoms with Crippen LogP contribution in [-0.4, -0.2) is 50.1 Å². The summed E-state index contributed by atoms with van der Waals surface area (Å²) >= 11 is 0. The van der Waals surface area contributed by atoms with Crippen LogP contribution < -0.4 is 10.1 Å². The van der Waals surface area contributed by atoms with E-state index in [-0.39, 0.29) is 17.7 Å². The third-order valence-electron chi connectivity index (χ3n) is 4.18. The maximum Gasteiger partial charge on any atom is 0.224 e. The van der Waals surface area contributed by atoms with E-state index in [2.05, 4.69) is 5.32 Å². The van der Waals surface area contributed by atoms with Crippen LogP contribution in [0.4, 0.5) is 0 Å². The van der Waals surface area contributed by atoms with Crippen LogP contribution >= 0.6 is 0 Å². The Balaban J connectivity index is 1.79. The molecule has 0 unspecified atom stereocenters. The summed E-state index contributed by atoms with van der Waals surface area (Å²) in [4.78, 5) is 12.2. The molecule has 1 fully saturated rings. The number of nitrogens with one attached hydrogen (secondary N) is 1. The molecule has 7 heteroatoms. The first-order chi connectivity index (χ1) is 11.4. The standard InChI is InChI=1S/C17H26N2O4S/c1-3-23-16-7-5-14(6-8-16)13-17(20)18-15-9-11-19(12-10-15)24(21,22)4-2/h5-8,15H,3-4,9-13H2,1-2H3,(H,18,20). The molecular formula is C17H26N2O4S. The van der Waals surface area contributed by atoms with E-state index in [1.165, 1.54) is 4.31 Å². The summed E-state index contributed by atoms with van der Waals surface area (Å²) in [6, 6.07) is 7.55. The second-order valence-electron chi connectivity index (χ2n) is 5.90. The van der Waals surface area contributed by atoms with Gasteiger partial charge >= 0.3 is 0 Å². The SMILES string of the molecule is CCOc1ccc(CC(=O)NC2CCN(S(=O)(=O)CC)CC2)cc1. The molecule has 1 aromatic carbocycles. The van der Waals surface area contributed by atoms with Gasteiger partial charge in [0.15, 0.2) is 0 Å². The number of benzene rings is 1. The monoisotopic (exact) mass is 354 g/mol. The average Bonchev–Trinajstić information content (AvgIpc) is 2.57. The minimum absolute atomic E-state index is 0.0315. The van der Waals surface area contributed by atoms with Gasteiger partial charge in [-0.25, -0.2) is 12.7 Å². The van der Waals surface area contributed by atoms with Crippen LogP contribution in [0.15, 0.2) is 24.3 Å². The maximum atomic E-state index is 12.2. The Bertz CT molecular complexity index is 635. The zero-order valence-corrected chi connectivity index (χ0v) is 15.1. The summed E-state index contributed by atoms with van der Waals surface area (Å²) in [5.41, 5.74) is 0.932. The van der Waals surface area contributed by atoms with Crippen molar-refractivity contribution in [2.24, 2.45) is 0 Å². The molecule has 6 nitrogen and oxygen atoms in total. The molecule has 2 rings (SSSR count). The number of nitrogens with zero attached hydrogens (tertiary/aromatic N) is 1. The number of sulfonamides is 1. The van der Waals surface area contributed by atoms with Gasteiger partial charge in [-0.3, -0.25) is 4.79 Å². The molecule has 24 heavy (non-hydrogen) atoms. The van der Waals surface area contributed by atoms with Crippen LogP contribution in [0.1, 0.15) is 32.3 Å². The molecule has 0 aliphatic carbocycles. The van der Waals surface area contributed by atoms with Crippen molar-refractivity contribution in [3.8, 4) is 5.75 Å². The van der Waals surface area contributed by atoms with Crippen molar-refractivity contribution < 1.29 is 17.9 Å². The number of hydrogen-bond acceptors (Lipinski definition) is 4. The summed E-state index contributed by atoms with van der Waals surface area (Å²) in [5.74, 6) is 0.893. The van der Waals surface area contributed by atoms with Crippen molar-refractivity contribution >= 4 is 15.9 Å². The van der Waals surface area contributed by atoms with E-state index in [0.29, 0.717) is 39.0 Å². The third-order valence-corrected chi connectivity index (χ3v) is 6.06. The van der Waals surface area contributed by atoms with Gasteiger partial charge in [0, 0.05) is 19.1 Å². The molecule has 134 valence electrons. The molecule has 1 N–H and O–H groups in total. The highest BCUT2D eigenvalue weighted by Gasteiger charge is 2.27. The van der Waals surface area contributed by atoms with E-state index in [9.17, 15) is 13.2 Å². The van der Waals surface area contributed by atoms with Crippen molar-refractivity contribution in [1.82, 2.24) is 9.62 Å². The Morgan fingerprint density at radius 1 is 1.21 bits per heavy atom. The van der Waals surface area contributed by atoms with Gasteiger partial charge in [-0.15, -0.1) is 0 Å². The Labute approximate surface area is 144 Å². The Morgan fingerprint density at radius 3 is 2.38 bits per heavy atom. The number of piperidine rings is 1. The Kier molecular flexibility index (Phi) is 6.62. The van der Waals surface area contributed by atoms with Crippen molar-refractivity contribution in [3.63, 3.8) is 0 Å². The lowest BCUT2D eigenvalue weighted by Crippen LogP contribution is -2.47. The van der Waals surface area contributed by atoms with E-state index in [0.717, 1.165) is 11.3 Å². The number of amides is 1. The second-order valence-corrected chi connectivity index (χ2v) is 8.15. The molecule has 1 amide bonds. The van der Waals surface area contributed by atoms with Crippen LogP contribution in [-0.2, 0) is 21.2 Å².